The van der Waals surface area contributed by atoms with Gasteiger partial charge in [-0.1, -0.05) is 221 Å². The zero-order valence-electron chi connectivity index (χ0n) is 46.3. The number of para-hydroxylation sites is 2. The number of fused-ring (bicyclic) bond motifs is 7. The third kappa shape index (κ3) is 7.92. The Morgan fingerprint density at radius 3 is 0.900 bits per heavy atom. The average molecular weight is 1030 g/mol. The molecule has 0 aromatic heterocycles. The van der Waals surface area contributed by atoms with Crippen LogP contribution in [0.2, 0.25) is 0 Å². The third-order valence-electron chi connectivity index (χ3n) is 17.4. The lowest BCUT2D eigenvalue weighted by Crippen LogP contribution is -2.17. The van der Waals surface area contributed by atoms with E-state index in [1.54, 1.807) is 0 Å². The van der Waals surface area contributed by atoms with Gasteiger partial charge >= 0.3 is 0 Å². The minimum atomic E-state index is -0.390. The molecule has 0 bridgehead atoms. The summed E-state index contributed by atoms with van der Waals surface area (Å²) >= 11 is 0. The Balaban J connectivity index is 1.09. The van der Waals surface area contributed by atoms with Crippen LogP contribution in [0.4, 0.5) is 34.1 Å². The number of anilines is 6. The highest BCUT2D eigenvalue weighted by molar-refractivity contribution is 6.19. The molecule has 0 aliphatic heterocycles. The summed E-state index contributed by atoms with van der Waals surface area (Å²) in [5, 5.41) is 2.52. The van der Waals surface area contributed by atoms with Crippen molar-refractivity contribution in [3.63, 3.8) is 0 Å². The SMILES string of the molecule is Cc1ccc(N(c2ccccc2)c2ccc3c(c2)C(C)(C)c2cc4c(-c5ccccc5-c5ccccc5)c5c(cc4c(-c4ccccc4-c4ccccc4)c2-3)C(C)(C)c2cc(N(c3ccccc3)c3ccc(C)cc3)ccc2-5)cc1. The van der Waals surface area contributed by atoms with Gasteiger partial charge in [0.1, 0.15) is 0 Å². The molecule has 12 aromatic rings. The lowest BCUT2D eigenvalue weighted by molar-refractivity contribution is 0.660. The van der Waals surface area contributed by atoms with Gasteiger partial charge in [-0.05, 0) is 199 Å². The monoisotopic (exact) mass is 1030 g/mol. The fourth-order valence-corrected chi connectivity index (χ4v) is 13.3. The number of hydrogen-bond acceptors (Lipinski definition) is 2. The zero-order valence-corrected chi connectivity index (χ0v) is 46.3. The highest BCUT2D eigenvalue weighted by atomic mass is 15.1. The van der Waals surface area contributed by atoms with E-state index in [2.05, 4.69) is 318 Å². The molecule has 0 fully saturated rings. The molecule has 0 unspecified atom stereocenters. The number of aryl methyl sites for hydroxylation is 2. The highest BCUT2D eigenvalue weighted by Crippen LogP contribution is 2.62. The first kappa shape index (κ1) is 48.8. The minimum absolute atomic E-state index is 0.390. The summed E-state index contributed by atoms with van der Waals surface area (Å²) in [5.74, 6) is 0. The quantitative estimate of drug-likeness (QED) is 0.135. The van der Waals surface area contributed by atoms with Gasteiger partial charge in [0.2, 0.25) is 0 Å². The van der Waals surface area contributed by atoms with Gasteiger partial charge in [0.25, 0.3) is 0 Å². The van der Waals surface area contributed by atoms with Crippen LogP contribution in [0.15, 0.2) is 267 Å². The smallest absolute Gasteiger partial charge is 0.0465 e. The zero-order chi connectivity index (χ0) is 54.3. The van der Waals surface area contributed by atoms with Crippen molar-refractivity contribution in [1.82, 2.24) is 0 Å². The van der Waals surface area contributed by atoms with Crippen molar-refractivity contribution in [3.05, 3.63) is 300 Å². The normalized spacial score (nSPS) is 13.3. The van der Waals surface area contributed by atoms with Gasteiger partial charge in [-0.3, -0.25) is 0 Å². The van der Waals surface area contributed by atoms with Crippen LogP contribution in [-0.2, 0) is 10.8 Å². The first-order valence-electron chi connectivity index (χ1n) is 28.2. The highest BCUT2D eigenvalue weighted by Gasteiger charge is 2.43. The van der Waals surface area contributed by atoms with Crippen LogP contribution in [0.3, 0.4) is 0 Å². The first-order valence-corrected chi connectivity index (χ1v) is 28.2. The van der Waals surface area contributed by atoms with E-state index in [0.717, 1.165) is 34.1 Å². The predicted molar refractivity (Wildman–Crippen MR) is 340 cm³/mol. The molecule has 0 radical (unpaired) electrons. The Morgan fingerprint density at radius 2 is 0.537 bits per heavy atom. The van der Waals surface area contributed by atoms with E-state index in [-0.39, 0.29) is 10.8 Å². The Bertz CT molecular complexity index is 4040. The molecule has 384 valence electrons. The Labute approximate surface area is 471 Å². The molecule has 2 heteroatoms. The van der Waals surface area contributed by atoms with Crippen molar-refractivity contribution in [2.45, 2.75) is 52.4 Å². The maximum absolute atomic E-state index is 2.61. The van der Waals surface area contributed by atoms with Gasteiger partial charge in [0.05, 0.1) is 0 Å². The van der Waals surface area contributed by atoms with Crippen LogP contribution < -0.4 is 9.80 Å². The van der Waals surface area contributed by atoms with E-state index < -0.39 is 0 Å². The maximum atomic E-state index is 2.61. The lowest BCUT2D eigenvalue weighted by Gasteiger charge is -2.29. The molecular weight excluding hydrogens is 965 g/mol. The van der Waals surface area contributed by atoms with Gasteiger partial charge in [-0.15, -0.1) is 0 Å². The minimum Gasteiger partial charge on any atom is -0.310 e. The fraction of sp³-hybridized carbons (Fsp3) is 0.103. The van der Waals surface area contributed by atoms with Crippen LogP contribution >= 0.6 is 0 Å². The third-order valence-corrected chi connectivity index (χ3v) is 17.4. The molecular formula is C78H62N2. The molecule has 0 spiro atoms. The van der Waals surface area contributed by atoms with Crippen LogP contribution in [0.5, 0.6) is 0 Å². The van der Waals surface area contributed by atoms with E-state index in [0.29, 0.717) is 0 Å². The molecule has 2 nitrogen and oxygen atoms in total. The molecule has 2 aliphatic carbocycles. The molecule has 0 saturated heterocycles. The van der Waals surface area contributed by atoms with Gasteiger partial charge in [0, 0.05) is 45.0 Å². The van der Waals surface area contributed by atoms with Crippen molar-refractivity contribution in [2.75, 3.05) is 9.80 Å². The molecule has 0 saturated carbocycles. The maximum Gasteiger partial charge on any atom is 0.0465 e. The van der Waals surface area contributed by atoms with Crippen molar-refractivity contribution in [1.29, 1.82) is 0 Å². The Morgan fingerprint density at radius 1 is 0.237 bits per heavy atom. The van der Waals surface area contributed by atoms with Crippen LogP contribution in [0, 0.1) is 13.8 Å². The number of hydrogen-bond donors (Lipinski definition) is 0. The number of rotatable bonds is 10. The van der Waals surface area contributed by atoms with Crippen molar-refractivity contribution in [3.8, 4) is 66.8 Å². The molecule has 0 atom stereocenters. The van der Waals surface area contributed by atoms with Gasteiger partial charge < -0.3 is 9.80 Å². The molecule has 2 aliphatic rings. The van der Waals surface area contributed by atoms with Crippen molar-refractivity contribution in [2.24, 2.45) is 0 Å². The Kier molecular flexibility index (Phi) is 11.7. The molecule has 0 amide bonds. The summed E-state index contributed by atoms with van der Waals surface area (Å²) in [6.07, 6.45) is 0. The standard InChI is InChI=1S/C78H62N2/c1-51-35-39-57(40-36-51)79(55-27-15-9-16-28-55)59-43-45-65-69(47-59)77(3,4)71-49-67-68(73(75(65)71)63-33-21-19-31-61(63)53-23-11-7-12-24-53)50-72-76(74(67)64-34-22-20-32-62(64)54-25-13-8-14-26-54)66-46-44-60(48-70(66)78(72,5)6)80(56-29-17-10-18-30-56)58-41-37-52(2)38-42-58/h7-50H,1-6H3. The van der Waals surface area contributed by atoms with Crippen LogP contribution in [-0.4, -0.2) is 0 Å². The predicted octanol–water partition coefficient (Wildman–Crippen LogP) is 21.7. The van der Waals surface area contributed by atoms with Gasteiger partial charge in [-0.25, -0.2) is 0 Å². The average Bonchev–Trinajstić information content (AvgIpc) is 4.09. The number of benzene rings is 12. The lowest BCUT2D eigenvalue weighted by atomic mass is 9.75. The Hall–Kier alpha value is -9.50. The van der Waals surface area contributed by atoms with E-state index in [1.165, 1.54) is 111 Å². The second-order valence-corrected chi connectivity index (χ2v) is 23.0. The fourth-order valence-electron chi connectivity index (χ4n) is 13.3. The van der Waals surface area contributed by atoms with Crippen molar-refractivity contribution >= 4 is 44.9 Å². The second kappa shape index (κ2) is 19.1. The molecule has 0 heterocycles. The van der Waals surface area contributed by atoms with Gasteiger partial charge in [0.15, 0.2) is 0 Å². The van der Waals surface area contributed by atoms with E-state index in [9.17, 15) is 0 Å². The molecule has 14 rings (SSSR count). The topological polar surface area (TPSA) is 6.48 Å². The van der Waals surface area contributed by atoms with E-state index in [4.69, 9.17) is 0 Å². The first-order chi connectivity index (χ1) is 39.0. The second-order valence-electron chi connectivity index (χ2n) is 23.0. The summed E-state index contributed by atoms with van der Waals surface area (Å²) in [4.78, 5) is 4.82. The largest absolute Gasteiger partial charge is 0.310 e. The van der Waals surface area contributed by atoms with E-state index in [1.807, 2.05) is 0 Å². The van der Waals surface area contributed by atoms with E-state index >= 15 is 0 Å². The molecule has 12 aromatic carbocycles. The summed E-state index contributed by atoms with van der Waals surface area (Å²) in [7, 11) is 0. The van der Waals surface area contributed by atoms with Crippen molar-refractivity contribution < 1.29 is 0 Å². The van der Waals surface area contributed by atoms with Crippen LogP contribution in [0.25, 0.3) is 77.5 Å². The molecule has 80 heavy (non-hydrogen) atoms. The summed E-state index contributed by atoms with van der Waals surface area (Å²) in [6, 6.07) is 99.5. The molecule has 0 N–H and O–H groups in total. The summed E-state index contributed by atoms with van der Waals surface area (Å²) < 4.78 is 0. The number of nitrogens with zero attached hydrogens (tertiary/aromatic N) is 2. The van der Waals surface area contributed by atoms with Crippen LogP contribution in [0.1, 0.15) is 61.1 Å². The van der Waals surface area contributed by atoms with Gasteiger partial charge in [-0.2, -0.15) is 0 Å². The summed E-state index contributed by atoms with van der Waals surface area (Å²) in [6.45, 7) is 14.1. The summed E-state index contributed by atoms with van der Waals surface area (Å²) in [5.41, 5.74) is 28.8.